The van der Waals surface area contributed by atoms with Crippen LogP contribution in [0.2, 0.25) is 5.02 Å². The van der Waals surface area contributed by atoms with Gasteiger partial charge in [-0.3, -0.25) is 0 Å². The third kappa shape index (κ3) is 6.77. The van der Waals surface area contributed by atoms with Crippen molar-refractivity contribution in [3.63, 3.8) is 0 Å². The van der Waals surface area contributed by atoms with Crippen molar-refractivity contribution in [3.8, 4) is 0 Å². The molecule has 0 fully saturated rings. The Morgan fingerprint density at radius 3 is 2.56 bits per heavy atom. The lowest BCUT2D eigenvalue weighted by atomic mass is 10.1. The molecule has 0 saturated heterocycles. The van der Waals surface area contributed by atoms with E-state index in [4.69, 9.17) is 21.6 Å². The van der Waals surface area contributed by atoms with Gasteiger partial charge in [-0.05, 0) is 107 Å². The maximum absolute atomic E-state index is 6.48. The Morgan fingerprint density at radius 1 is 1.06 bits per heavy atom. The van der Waals surface area contributed by atoms with Gasteiger partial charge in [0.25, 0.3) is 0 Å². The molecule has 0 aliphatic heterocycles. The summed E-state index contributed by atoms with van der Waals surface area (Å²) in [5, 5.41) is 5.17. The molecule has 3 aromatic rings. The van der Waals surface area contributed by atoms with Gasteiger partial charge in [-0.15, -0.1) is 0 Å². The van der Waals surface area contributed by atoms with Crippen molar-refractivity contribution in [1.29, 1.82) is 0 Å². The summed E-state index contributed by atoms with van der Waals surface area (Å²) in [6.45, 7) is 9.94. The van der Waals surface area contributed by atoms with Crippen molar-refractivity contribution in [2.75, 3.05) is 25.0 Å². The van der Waals surface area contributed by atoms with Crippen LogP contribution in [0.25, 0.3) is 23.1 Å². The lowest BCUT2D eigenvalue weighted by molar-refractivity contribution is 0.295. The van der Waals surface area contributed by atoms with Crippen molar-refractivity contribution in [3.05, 3.63) is 61.8 Å². The zero-order valence-electron chi connectivity index (χ0n) is 18.7. The lowest BCUT2D eigenvalue weighted by Crippen LogP contribution is -2.25. The molecule has 0 saturated carbocycles. The summed E-state index contributed by atoms with van der Waals surface area (Å²) in [6, 6.07) is 12.2. The topological polar surface area (TPSA) is 41.0 Å². The Bertz CT molecular complexity index is 1080. The van der Waals surface area contributed by atoms with E-state index in [0.717, 1.165) is 63.7 Å². The molecule has 0 spiro atoms. The van der Waals surface area contributed by atoms with Gasteiger partial charge < -0.3 is 10.2 Å². The molecule has 0 amide bonds. The second-order valence-corrected chi connectivity index (χ2v) is 9.90. The molecule has 0 unspecified atom stereocenters. The first-order chi connectivity index (χ1) is 15.4. The Kier molecular flexibility index (Phi) is 9.53. The summed E-state index contributed by atoms with van der Waals surface area (Å²) in [7, 11) is 0. The highest BCUT2D eigenvalue weighted by atomic mass is 79.9. The van der Waals surface area contributed by atoms with Crippen LogP contribution < -0.4 is 5.32 Å². The van der Waals surface area contributed by atoms with Crippen LogP contribution in [-0.4, -0.2) is 40.5 Å². The molecule has 1 heterocycles. The summed E-state index contributed by atoms with van der Waals surface area (Å²) >= 11 is 13.5. The average molecular weight is 581 g/mol. The van der Waals surface area contributed by atoms with Crippen LogP contribution in [0.3, 0.4) is 0 Å². The summed E-state index contributed by atoms with van der Waals surface area (Å²) in [6.07, 6.45) is 6.15. The first-order valence-electron chi connectivity index (χ1n) is 11.0. The predicted octanol–water partition coefficient (Wildman–Crippen LogP) is 7.90. The van der Waals surface area contributed by atoms with Crippen LogP contribution in [0.1, 0.15) is 45.0 Å². The van der Waals surface area contributed by atoms with E-state index < -0.39 is 0 Å². The van der Waals surface area contributed by atoms with Gasteiger partial charge in [0.15, 0.2) is 5.82 Å². The number of anilines is 1. The molecule has 7 heteroatoms. The number of rotatable bonds is 10. The normalized spacial score (nSPS) is 12.7. The largest absolute Gasteiger partial charge is 0.367 e. The maximum atomic E-state index is 6.48. The molecule has 0 radical (unpaired) electrons. The molecular weight excluding hydrogens is 552 g/mol. The van der Waals surface area contributed by atoms with Gasteiger partial charge in [-0.25, -0.2) is 9.97 Å². The van der Waals surface area contributed by atoms with E-state index in [1.165, 1.54) is 0 Å². The number of hydrogen-bond donors (Lipinski definition) is 1. The fourth-order valence-corrected chi connectivity index (χ4v) is 4.43. The number of halogens is 3. The molecule has 1 N–H and O–H groups in total. The molecule has 4 nitrogen and oxygen atoms in total. The quantitative estimate of drug-likeness (QED) is 0.265. The van der Waals surface area contributed by atoms with E-state index in [0.29, 0.717) is 16.9 Å². The number of fused-ring (bicyclic) bond motifs is 1. The Hall–Kier alpha value is -1.47. The first kappa shape index (κ1) is 25.2. The van der Waals surface area contributed by atoms with Gasteiger partial charge in [0.05, 0.1) is 10.5 Å². The minimum absolute atomic E-state index is 0.293. The van der Waals surface area contributed by atoms with E-state index in [1.807, 2.05) is 48.6 Å². The monoisotopic (exact) mass is 578 g/mol. The van der Waals surface area contributed by atoms with Gasteiger partial charge >= 0.3 is 0 Å². The van der Waals surface area contributed by atoms with Crippen molar-refractivity contribution in [2.45, 2.75) is 39.7 Å². The average Bonchev–Trinajstić information content (AvgIpc) is 2.78. The van der Waals surface area contributed by atoms with Crippen LogP contribution in [0.4, 0.5) is 5.82 Å². The highest BCUT2D eigenvalue weighted by Crippen LogP contribution is 2.28. The van der Waals surface area contributed by atoms with Crippen molar-refractivity contribution in [2.24, 2.45) is 0 Å². The van der Waals surface area contributed by atoms with E-state index in [2.05, 4.69) is 62.8 Å². The van der Waals surface area contributed by atoms with Crippen molar-refractivity contribution in [1.82, 2.24) is 14.9 Å². The van der Waals surface area contributed by atoms with Gasteiger partial charge in [0.1, 0.15) is 5.82 Å². The minimum atomic E-state index is 0.293. The minimum Gasteiger partial charge on any atom is -0.367 e. The van der Waals surface area contributed by atoms with Crippen LogP contribution in [0.15, 0.2) is 45.3 Å². The predicted molar refractivity (Wildman–Crippen MR) is 145 cm³/mol. The van der Waals surface area contributed by atoms with Gasteiger partial charge in [-0.1, -0.05) is 43.7 Å². The molecule has 1 atom stereocenters. The van der Waals surface area contributed by atoms with E-state index in [9.17, 15) is 0 Å². The Morgan fingerprint density at radius 2 is 1.84 bits per heavy atom. The van der Waals surface area contributed by atoms with E-state index in [-0.39, 0.29) is 0 Å². The van der Waals surface area contributed by atoms with Crippen molar-refractivity contribution < 1.29 is 0 Å². The van der Waals surface area contributed by atoms with E-state index in [1.54, 1.807) is 0 Å². The number of nitrogens with zero attached hydrogens (tertiary/aromatic N) is 3. The fourth-order valence-electron chi connectivity index (χ4n) is 3.57. The van der Waals surface area contributed by atoms with E-state index >= 15 is 0 Å². The number of aromatic nitrogens is 2. The first-order valence-corrected chi connectivity index (χ1v) is 13.0. The van der Waals surface area contributed by atoms with Gasteiger partial charge in [0.2, 0.25) is 0 Å². The molecule has 32 heavy (non-hydrogen) atoms. The van der Waals surface area contributed by atoms with Crippen LogP contribution in [-0.2, 0) is 0 Å². The Labute approximate surface area is 212 Å². The highest BCUT2D eigenvalue weighted by molar-refractivity contribution is 9.13. The molecule has 170 valence electrons. The lowest BCUT2D eigenvalue weighted by Gasteiger charge is -2.20. The second-order valence-electron chi connectivity index (χ2n) is 7.79. The zero-order chi connectivity index (χ0) is 23.1. The molecule has 2 aromatic carbocycles. The summed E-state index contributed by atoms with van der Waals surface area (Å²) in [4.78, 5) is 12.0. The Balaban J connectivity index is 1.82. The number of nitrogens with one attached hydrogen (secondary N) is 1. The summed E-state index contributed by atoms with van der Waals surface area (Å²) in [5.41, 5.74) is 1.82. The second kappa shape index (κ2) is 12.1. The number of benzene rings is 2. The fraction of sp³-hybridized carbons (Fsp3) is 0.360. The van der Waals surface area contributed by atoms with Gasteiger partial charge in [-0.2, -0.15) is 0 Å². The summed E-state index contributed by atoms with van der Waals surface area (Å²) < 4.78 is 2.02. The SMILES string of the molecule is CCN(CC)CCC[C@H](C)Nc1nc(/C=C/c2ccc(Br)c(Br)c2)nc2c(Cl)cccc12. The van der Waals surface area contributed by atoms with Crippen LogP contribution in [0.5, 0.6) is 0 Å². The molecular formula is C25H29Br2ClN4. The molecule has 1 aromatic heterocycles. The van der Waals surface area contributed by atoms with Crippen LogP contribution >= 0.6 is 43.5 Å². The number of hydrogen-bond acceptors (Lipinski definition) is 4. The third-order valence-corrected chi connectivity index (χ3v) is 7.64. The molecule has 3 rings (SSSR count). The standard InChI is InChI=1S/C25H29Br2ClN4/c1-4-32(5-2)15-7-8-17(3)29-25-19-9-6-10-22(28)24(19)30-23(31-25)14-12-18-11-13-20(26)21(27)16-18/h6,9-14,16-17H,4-5,7-8,15H2,1-3H3,(H,29,30,31)/b14-12+/t17-/m0/s1. The van der Waals surface area contributed by atoms with Crippen molar-refractivity contribution >= 4 is 72.3 Å². The van der Waals surface area contributed by atoms with Crippen LogP contribution in [0, 0.1) is 0 Å². The number of para-hydroxylation sites is 1. The van der Waals surface area contributed by atoms with Gasteiger partial charge in [0, 0.05) is 20.4 Å². The third-order valence-electron chi connectivity index (χ3n) is 5.45. The smallest absolute Gasteiger partial charge is 0.155 e. The highest BCUT2D eigenvalue weighted by Gasteiger charge is 2.12. The zero-order valence-corrected chi connectivity index (χ0v) is 22.6. The molecule has 0 aliphatic rings. The molecule has 0 aliphatic carbocycles. The maximum Gasteiger partial charge on any atom is 0.155 e. The summed E-state index contributed by atoms with van der Waals surface area (Å²) in [5.74, 6) is 1.45. The molecule has 0 bridgehead atoms.